The van der Waals surface area contributed by atoms with Gasteiger partial charge in [-0.15, -0.1) is 0 Å². The van der Waals surface area contributed by atoms with Crippen LogP contribution in [0.4, 0.5) is 10.1 Å². The van der Waals surface area contributed by atoms with Crippen LogP contribution in [0.15, 0.2) is 36.7 Å². The zero-order valence-corrected chi connectivity index (χ0v) is 8.50. The minimum atomic E-state index is -0.374. The summed E-state index contributed by atoms with van der Waals surface area (Å²) in [5.74, 6) is -0.374. The predicted molar refractivity (Wildman–Crippen MR) is 59.1 cm³/mol. The number of anilines is 1. The van der Waals surface area contributed by atoms with Gasteiger partial charge in [0, 0.05) is 11.8 Å². The summed E-state index contributed by atoms with van der Waals surface area (Å²) in [6.45, 7) is 0. The van der Waals surface area contributed by atoms with E-state index in [-0.39, 0.29) is 5.82 Å². The van der Waals surface area contributed by atoms with Crippen LogP contribution in [-0.4, -0.2) is 4.98 Å². The number of hydrogen-bond acceptors (Lipinski definition) is 2. The summed E-state index contributed by atoms with van der Waals surface area (Å²) in [5.41, 5.74) is 7.60. The quantitative estimate of drug-likeness (QED) is 0.753. The van der Waals surface area contributed by atoms with E-state index in [1.807, 2.05) is 0 Å². The molecule has 1 aromatic carbocycles. The third-order valence-electron chi connectivity index (χ3n) is 2.03. The van der Waals surface area contributed by atoms with E-state index >= 15 is 0 Å². The normalized spacial score (nSPS) is 10.3. The first-order valence-corrected chi connectivity index (χ1v) is 4.70. The van der Waals surface area contributed by atoms with E-state index in [9.17, 15) is 4.39 Å². The van der Waals surface area contributed by atoms with Gasteiger partial charge in [0.25, 0.3) is 0 Å². The number of halogens is 2. The number of hydrogen-bond donors (Lipinski definition) is 1. The molecule has 1 aromatic heterocycles. The standard InChI is InChI=1S/C11H8ClFN2/c12-10-2-1-7(4-11(10)14)8-3-9(13)6-15-5-8/h1-6H,14H2. The van der Waals surface area contributed by atoms with E-state index in [1.165, 1.54) is 6.07 Å². The highest BCUT2D eigenvalue weighted by molar-refractivity contribution is 6.33. The van der Waals surface area contributed by atoms with Gasteiger partial charge in [0.1, 0.15) is 5.82 Å². The molecule has 0 unspecified atom stereocenters. The van der Waals surface area contributed by atoms with Gasteiger partial charge in [-0.25, -0.2) is 4.39 Å². The predicted octanol–water partition coefficient (Wildman–Crippen LogP) is 3.12. The van der Waals surface area contributed by atoms with Crippen LogP contribution in [0.25, 0.3) is 11.1 Å². The monoisotopic (exact) mass is 222 g/mol. The fourth-order valence-electron chi connectivity index (χ4n) is 1.29. The van der Waals surface area contributed by atoms with Gasteiger partial charge < -0.3 is 5.73 Å². The summed E-state index contributed by atoms with van der Waals surface area (Å²) in [5, 5.41) is 0.489. The molecule has 0 aliphatic rings. The Morgan fingerprint density at radius 3 is 2.60 bits per heavy atom. The summed E-state index contributed by atoms with van der Waals surface area (Å²) in [4.78, 5) is 3.76. The molecule has 0 saturated heterocycles. The van der Waals surface area contributed by atoms with Crippen molar-refractivity contribution in [3.05, 3.63) is 47.5 Å². The first-order chi connectivity index (χ1) is 7.16. The third kappa shape index (κ3) is 2.07. The molecule has 0 amide bonds. The summed E-state index contributed by atoms with van der Waals surface area (Å²) in [7, 11) is 0. The zero-order chi connectivity index (χ0) is 10.8. The summed E-state index contributed by atoms with van der Waals surface area (Å²) in [6.07, 6.45) is 2.73. The topological polar surface area (TPSA) is 38.9 Å². The summed E-state index contributed by atoms with van der Waals surface area (Å²) < 4.78 is 12.9. The van der Waals surface area contributed by atoms with Crippen LogP contribution in [0.1, 0.15) is 0 Å². The highest BCUT2D eigenvalue weighted by Crippen LogP contribution is 2.26. The Morgan fingerprint density at radius 1 is 1.13 bits per heavy atom. The lowest BCUT2D eigenvalue weighted by atomic mass is 10.1. The second kappa shape index (κ2) is 3.87. The molecule has 2 rings (SSSR count). The van der Waals surface area contributed by atoms with E-state index in [0.717, 1.165) is 11.8 Å². The molecule has 1 heterocycles. The summed E-state index contributed by atoms with van der Waals surface area (Å²) >= 11 is 5.78. The second-order valence-corrected chi connectivity index (χ2v) is 3.54. The molecule has 76 valence electrons. The van der Waals surface area contributed by atoms with Crippen molar-refractivity contribution in [3.63, 3.8) is 0 Å². The Balaban J connectivity index is 2.50. The van der Waals surface area contributed by atoms with Crippen molar-refractivity contribution < 1.29 is 4.39 Å². The number of nitrogens with two attached hydrogens (primary N) is 1. The van der Waals surface area contributed by atoms with Gasteiger partial charge >= 0.3 is 0 Å². The largest absolute Gasteiger partial charge is 0.398 e. The van der Waals surface area contributed by atoms with Crippen LogP contribution in [0.5, 0.6) is 0 Å². The Morgan fingerprint density at radius 2 is 1.93 bits per heavy atom. The maximum atomic E-state index is 12.9. The van der Waals surface area contributed by atoms with E-state index in [2.05, 4.69) is 4.98 Å². The Kier molecular flexibility index (Phi) is 2.56. The second-order valence-electron chi connectivity index (χ2n) is 3.13. The fraction of sp³-hybridized carbons (Fsp3) is 0. The number of pyridine rings is 1. The number of benzene rings is 1. The molecule has 2 nitrogen and oxygen atoms in total. The first kappa shape index (κ1) is 9.93. The molecule has 4 heteroatoms. The van der Waals surface area contributed by atoms with Crippen molar-refractivity contribution in [1.29, 1.82) is 0 Å². The van der Waals surface area contributed by atoms with Gasteiger partial charge in [0.15, 0.2) is 0 Å². The molecule has 0 spiro atoms. The van der Waals surface area contributed by atoms with E-state index in [1.54, 1.807) is 24.4 Å². The minimum Gasteiger partial charge on any atom is -0.398 e. The van der Waals surface area contributed by atoms with Gasteiger partial charge in [0.2, 0.25) is 0 Å². The first-order valence-electron chi connectivity index (χ1n) is 4.33. The van der Waals surface area contributed by atoms with Gasteiger partial charge in [0.05, 0.1) is 16.9 Å². The van der Waals surface area contributed by atoms with Gasteiger partial charge in [-0.2, -0.15) is 0 Å². The van der Waals surface area contributed by atoms with Crippen molar-refractivity contribution in [3.8, 4) is 11.1 Å². The highest BCUT2D eigenvalue weighted by Gasteiger charge is 2.02. The average molecular weight is 223 g/mol. The lowest BCUT2D eigenvalue weighted by Gasteiger charge is -2.03. The van der Waals surface area contributed by atoms with Crippen LogP contribution >= 0.6 is 11.6 Å². The number of aromatic nitrogens is 1. The van der Waals surface area contributed by atoms with E-state index < -0.39 is 0 Å². The Hall–Kier alpha value is -1.61. The van der Waals surface area contributed by atoms with Crippen LogP contribution in [-0.2, 0) is 0 Å². The molecule has 0 bridgehead atoms. The molecule has 0 saturated carbocycles. The Bertz CT molecular complexity index is 500. The van der Waals surface area contributed by atoms with Gasteiger partial charge in [-0.3, -0.25) is 4.98 Å². The molecule has 0 fully saturated rings. The maximum Gasteiger partial charge on any atom is 0.142 e. The molecule has 0 aliphatic carbocycles. The molecule has 15 heavy (non-hydrogen) atoms. The number of rotatable bonds is 1. The molecule has 2 N–H and O–H groups in total. The molecule has 0 atom stereocenters. The van der Waals surface area contributed by atoms with Crippen molar-refractivity contribution in [2.45, 2.75) is 0 Å². The molecular weight excluding hydrogens is 215 g/mol. The van der Waals surface area contributed by atoms with Crippen LogP contribution in [0.2, 0.25) is 5.02 Å². The van der Waals surface area contributed by atoms with E-state index in [0.29, 0.717) is 16.3 Å². The van der Waals surface area contributed by atoms with Crippen LogP contribution in [0, 0.1) is 5.82 Å². The molecule has 0 radical (unpaired) electrons. The molecular formula is C11H8ClFN2. The molecule has 2 aromatic rings. The lowest BCUT2D eigenvalue weighted by molar-refractivity contribution is 0.622. The van der Waals surface area contributed by atoms with Crippen molar-refractivity contribution in [2.24, 2.45) is 0 Å². The molecule has 0 aliphatic heterocycles. The van der Waals surface area contributed by atoms with Gasteiger partial charge in [-0.05, 0) is 23.8 Å². The van der Waals surface area contributed by atoms with Crippen molar-refractivity contribution in [1.82, 2.24) is 4.98 Å². The highest BCUT2D eigenvalue weighted by atomic mass is 35.5. The smallest absolute Gasteiger partial charge is 0.142 e. The SMILES string of the molecule is Nc1cc(-c2cncc(F)c2)ccc1Cl. The number of nitrogen functional groups attached to an aromatic ring is 1. The zero-order valence-electron chi connectivity index (χ0n) is 7.74. The third-order valence-corrected chi connectivity index (χ3v) is 2.38. The lowest BCUT2D eigenvalue weighted by Crippen LogP contribution is -1.88. The van der Waals surface area contributed by atoms with Crippen LogP contribution < -0.4 is 5.73 Å². The Labute approximate surface area is 91.5 Å². The van der Waals surface area contributed by atoms with E-state index in [4.69, 9.17) is 17.3 Å². The summed E-state index contributed by atoms with van der Waals surface area (Å²) in [6, 6.07) is 6.54. The van der Waals surface area contributed by atoms with Gasteiger partial charge in [-0.1, -0.05) is 17.7 Å². The fourth-order valence-corrected chi connectivity index (χ4v) is 1.41. The minimum absolute atomic E-state index is 0.374. The van der Waals surface area contributed by atoms with Crippen LogP contribution in [0.3, 0.4) is 0 Å². The van der Waals surface area contributed by atoms with Crippen molar-refractivity contribution >= 4 is 17.3 Å². The number of nitrogens with zero attached hydrogens (tertiary/aromatic N) is 1. The maximum absolute atomic E-state index is 12.9. The van der Waals surface area contributed by atoms with Crippen molar-refractivity contribution in [2.75, 3.05) is 5.73 Å². The average Bonchev–Trinajstić information content (AvgIpc) is 2.22.